The van der Waals surface area contributed by atoms with Crippen molar-refractivity contribution in [2.75, 3.05) is 44.3 Å². The first kappa shape index (κ1) is 25.9. The number of carbonyl (C=O) groups excluding carboxylic acids is 2. The Hall–Kier alpha value is -2.33. The lowest BCUT2D eigenvalue weighted by Gasteiger charge is -2.36. The summed E-state index contributed by atoms with van der Waals surface area (Å²) in [6.45, 7) is 8.25. The molecule has 2 amide bonds. The van der Waals surface area contributed by atoms with Gasteiger partial charge in [0.05, 0.1) is 23.5 Å². The molecule has 1 aliphatic rings. The largest absolute Gasteiger partial charge is 0.491 e. The molecule has 3 atom stereocenters. The molecule has 0 aromatic heterocycles. The van der Waals surface area contributed by atoms with Gasteiger partial charge < -0.3 is 19.3 Å². The summed E-state index contributed by atoms with van der Waals surface area (Å²) < 4.78 is 38.1. The second-order valence-electron chi connectivity index (χ2n) is 8.21. The zero-order valence-electron chi connectivity index (χ0n) is 19.8. The van der Waals surface area contributed by atoms with Crippen LogP contribution in [0.4, 0.5) is 5.69 Å². The molecule has 0 saturated carbocycles. The summed E-state index contributed by atoms with van der Waals surface area (Å²) in [7, 11) is -0.242. The fraction of sp³-hybridized carbons (Fsp3) is 0.636. The summed E-state index contributed by atoms with van der Waals surface area (Å²) in [5.41, 5.74) is 0.531. The van der Waals surface area contributed by atoms with E-state index in [-0.39, 0.29) is 53.5 Å². The van der Waals surface area contributed by atoms with E-state index >= 15 is 0 Å². The first-order valence-electron chi connectivity index (χ1n) is 10.9. The zero-order chi connectivity index (χ0) is 24.1. The number of carbonyl (C=O) groups is 2. The van der Waals surface area contributed by atoms with Gasteiger partial charge in [0.25, 0.3) is 5.91 Å². The van der Waals surface area contributed by atoms with Gasteiger partial charge in [0, 0.05) is 45.3 Å². The number of sulfonamides is 1. The maximum atomic E-state index is 13.3. The van der Waals surface area contributed by atoms with Crippen LogP contribution in [-0.2, 0) is 19.6 Å². The summed E-state index contributed by atoms with van der Waals surface area (Å²) >= 11 is 0. The van der Waals surface area contributed by atoms with E-state index in [1.807, 2.05) is 20.8 Å². The van der Waals surface area contributed by atoms with Crippen LogP contribution in [0.1, 0.15) is 44.5 Å². The Kier molecular flexibility index (Phi) is 8.91. The molecule has 0 fully saturated rings. The van der Waals surface area contributed by atoms with E-state index in [1.165, 1.54) is 17.9 Å². The molecule has 0 radical (unpaired) electrons. The molecular formula is C22H35N3O6S. The number of anilines is 1. The van der Waals surface area contributed by atoms with Gasteiger partial charge in [-0.1, -0.05) is 13.8 Å². The molecule has 0 unspecified atom stereocenters. The Morgan fingerprint density at radius 1 is 1.25 bits per heavy atom. The van der Waals surface area contributed by atoms with E-state index in [2.05, 4.69) is 4.72 Å². The Labute approximate surface area is 191 Å². The van der Waals surface area contributed by atoms with E-state index in [1.54, 1.807) is 31.2 Å². The lowest BCUT2D eigenvalue weighted by Crippen LogP contribution is -2.48. The molecular weight excluding hydrogens is 434 g/mol. The molecule has 2 rings (SSSR count). The van der Waals surface area contributed by atoms with Gasteiger partial charge in [0.15, 0.2) is 0 Å². The monoisotopic (exact) mass is 469 g/mol. The summed E-state index contributed by atoms with van der Waals surface area (Å²) in [5, 5.41) is 0. The minimum absolute atomic E-state index is 0.0187. The first-order chi connectivity index (χ1) is 15.0. The van der Waals surface area contributed by atoms with Gasteiger partial charge in [-0.15, -0.1) is 0 Å². The van der Waals surface area contributed by atoms with E-state index in [9.17, 15) is 18.0 Å². The number of likely N-dealkylation sites (N-methyl/N-ethyl adjacent to an activating group) is 1. The second kappa shape index (κ2) is 11.0. The molecule has 0 aliphatic carbocycles. The second-order valence-corrected chi connectivity index (χ2v) is 10.2. The Morgan fingerprint density at radius 2 is 1.94 bits per heavy atom. The highest BCUT2D eigenvalue weighted by atomic mass is 32.2. The lowest BCUT2D eigenvalue weighted by molar-refractivity contribution is -0.135. The van der Waals surface area contributed by atoms with Crippen molar-refractivity contribution in [3.63, 3.8) is 0 Å². The summed E-state index contributed by atoms with van der Waals surface area (Å²) in [5.74, 6) is -0.0505. The molecule has 1 aliphatic heterocycles. The number of hydrogen-bond donors (Lipinski definition) is 1. The standard InChI is InChI=1S/C22H35N3O6S/c1-7-21(26)25-12-15(3)20(30-6)13-24(5)22(27)18-11-17(23-32(28,29)8-2)9-10-19(18)31-14-16(25)4/h9-11,15-16,20,23H,7-8,12-14H2,1-6H3/t15-,16-,20+/m0/s1. The molecule has 0 saturated heterocycles. The number of nitrogens with zero attached hydrogens (tertiary/aromatic N) is 2. The average Bonchev–Trinajstić information content (AvgIpc) is 2.77. The SMILES string of the molecule is CCC(=O)N1C[C@H](C)[C@H](OC)CN(C)C(=O)c2cc(NS(=O)(=O)CC)ccc2OC[C@@H]1C. The number of fused-ring (bicyclic) bond motifs is 1. The van der Waals surface area contributed by atoms with Crippen LogP contribution < -0.4 is 9.46 Å². The van der Waals surface area contributed by atoms with Crippen molar-refractivity contribution in [3.8, 4) is 5.75 Å². The zero-order valence-corrected chi connectivity index (χ0v) is 20.6. The van der Waals surface area contributed by atoms with Gasteiger partial charge in [-0.3, -0.25) is 14.3 Å². The minimum Gasteiger partial charge on any atom is -0.491 e. The fourth-order valence-electron chi connectivity index (χ4n) is 3.64. The molecule has 0 spiro atoms. The summed E-state index contributed by atoms with van der Waals surface area (Å²) in [6.07, 6.45) is 0.0961. The fourth-order valence-corrected chi connectivity index (χ4v) is 4.27. The first-order valence-corrected chi connectivity index (χ1v) is 12.5. The van der Waals surface area contributed by atoms with Crippen molar-refractivity contribution in [1.82, 2.24) is 9.80 Å². The smallest absolute Gasteiger partial charge is 0.257 e. The number of ether oxygens (including phenoxy) is 2. The van der Waals surface area contributed by atoms with Crippen LogP contribution in [-0.4, -0.2) is 81.8 Å². The van der Waals surface area contributed by atoms with Gasteiger partial charge in [-0.25, -0.2) is 8.42 Å². The predicted octanol–water partition coefficient (Wildman–Crippen LogP) is 2.19. The van der Waals surface area contributed by atoms with Gasteiger partial charge in [0.1, 0.15) is 12.4 Å². The van der Waals surface area contributed by atoms with Crippen molar-refractivity contribution in [2.24, 2.45) is 5.92 Å². The predicted molar refractivity (Wildman–Crippen MR) is 123 cm³/mol. The average molecular weight is 470 g/mol. The molecule has 32 heavy (non-hydrogen) atoms. The lowest BCUT2D eigenvalue weighted by atomic mass is 10.0. The third-order valence-corrected chi connectivity index (χ3v) is 7.03. The highest BCUT2D eigenvalue weighted by Crippen LogP contribution is 2.27. The molecule has 1 heterocycles. The van der Waals surface area contributed by atoms with Crippen molar-refractivity contribution in [3.05, 3.63) is 23.8 Å². The Balaban J connectivity index is 2.48. The van der Waals surface area contributed by atoms with Gasteiger partial charge >= 0.3 is 0 Å². The van der Waals surface area contributed by atoms with Crippen molar-refractivity contribution >= 4 is 27.5 Å². The van der Waals surface area contributed by atoms with Crippen molar-refractivity contribution in [1.29, 1.82) is 0 Å². The third-order valence-electron chi connectivity index (χ3n) is 5.72. The van der Waals surface area contributed by atoms with Crippen LogP contribution in [0.15, 0.2) is 18.2 Å². The highest BCUT2D eigenvalue weighted by molar-refractivity contribution is 7.92. The van der Waals surface area contributed by atoms with E-state index < -0.39 is 10.0 Å². The van der Waals surface area contributed by atoms with Crippen LogP contribution >= 0.6 is 0 Å². The number of rotatable bonds is 5. The molecule has 1 N–H and O–H groups in total. The Bertz CT molecular complexity index is 920. The van der Waals surface area contributed by atoms with Crippen LogP contribution in [0, 0.1) is 5.92 Å². The van der Waals surface area contributed by atoms with Crippen molar-refractivity contribution in [2.45, 2.75) is 46.3 Å². The van der Waals surface area contributed by atoms with Gasteiger partial charge in [-0.05, 0) is 32.0 Å². The minimum atomic E-state index is -3.50. The number of nitrogens with one attached hydrogen (secondary N) is 1. The van der Waals surface area contributed by atoms with Gasteiger partial charge in [-0.2, -0.15) is 0 Å². The normalized spacial score (nSPS) is 22.9. The maximum Gasteiger partial charge on any atom is 0.257 e. The number of benzene rings is 1. The van der Waals surface area contributed by atoms with Crippen LogP contribution in [0.3, 0.4) is 0 Å². The third kappa shape index (κ3) is 6.35. The molecule has 1 aromatic rings. The molecule has 0 bridgehead atoms. The van der Waals surface area contributed by atoms with E-state index in [0.29, 0.717) is 25.3 Å². The van der Waals surface area contributed by atoms with E-state index in [0.717, 1.165) is 0 Å². The van der Waals surface area contributed by atoms with Gasteiger partial charge in [0.2, 0.25) is 15.9 Å². The quantitative estimate of drug-likeness (QED) is 0.709. The number of hydrogen-bond acceptors (Lipinski definition) is 6. The topological polar surface area (TPSA) is 105 Å². The number of methoxy groups -OCH3 is 1. The van der Waals surface area contributed by atoms with Crippen molar-refractivity contribution < 1.29 is 27.5 Å². The molecule has 9 nitrogen and oxygen atoms in total. The van der Waals surface area contributed by atoms with E-state index in [4.69, 9.17) is 9.47 Å². The summed E-state index contributed by atoms with van der Waals surface area (Å²) in [4.78, 5) is 29.2. The summed E-state index contributed by atoms with van der Waals surface area (Å²) in [6, 6.07) is 4.40. The van der Waals surface area contributed by atoms with Crippen LogP contribution in [0.2, 0.25) is 0 Å². The van der Waals surface area contributed by atoms with Crippen LogP contribution in [0.5, 0.6) is 5.75 Å². The van der Waals surface area contributed by atoms with Crippen LogP contribution in [0.25, 0.3) is 0 Å². The molecule has 1 aromatic carbocycles. The maximum absolute atomic E-state index is 13.3. The molecule has 180 valence electrons. The Morgan fingerprint density at radius 3 is 2.53 bits per heavy atom. The highest BCUT2D eigenvalue weighted by Gasteiger charge is 2.30. The number of amides is 2. The molecule has 10 heteroatoms.